The molecule has 9 heteroatoms. The Hall–Kier alpha value is -2.23. The van der Waals surface area contributed by atoms with E-state index in [0.717, 1.165) is 22.0 Å². The van der Waals surface area contributed by atoms with Gasteiger partial charge >= 0.3 is 0 Å². The molecule has 1 N–H and O–H groups in total. The van der Waals surface area contributed by atoms with Crippen molar-refractivity contribution in [1.29, 1.82) is 0 Å². The molecule has 1 unspecified atom stereocenters. The van der Waals surface area contributed by atoms with Crippen LogP contribution in [0.1, 0.15) is 5.56 Å². The molecule has 1 fully saturated rings. The molecular formula is C19H19FN2O4S2. The van der Waals surface area contributed by atoms with Crippen LogP contribution < -0.4 is 5.32 Å². The van der Waals surface area contributed by atoms with Gasteiger partial charge in [0.25, 0.3) is 0 Å². The van der Waals surface area contributed by atoms with Crippen LogP contribution in [0.3, 0.4) is 0 Å². The summed E-state index contributed by atoms with van der Waals surface area (Å²) in [5.41, 5.74) is 0.886. The SMILES string of the molecule is O=CC(Cc1ccccc1)NC(=O)[C@H]1CSCN1S(=O)(=O)c1ccc(F)cc1. The number of nitrogens with zero attached hydrogens (tertiary/aromatic N) is 1. The maximum atomic E-state index is 13.1. The number of nitrogens with one attached hydrogen (secondary N) is 1. The third kappa shape index (κ3) is 4.60. The van der Waals surface area contributed by atoms with Crippen molar-refractivity contribution < 1.29 is 22.4 Å². The lowest BCUT2D eigenvalue weighted by molar-refractivity contribution is -0.126. The molecule has 2 aromatic rings. The van der Waals surface area contributed by atoms with E-state index in [1.165, 1.54) is 23.9 Å². The van der Waals surface area contributed by atoms with Crippen LogP contribution >= 0.6 is 11.8 Å². The molecular weight excluding hydrogens is 403 g/mol. The molecule has 0 bridgehead atoms. The number of carbonyl (C=O) groups is 2. The Bertz CT molecular complexity index is 936. The van der Waals surface area contributed by atoms with E-state index in [-0.39, 0.29) is 16.5 Å². The smallest absolute Gasteiger partial charge is 0.244 e. The molecule has 0 spiro atoms. The van der Waals surface area contributed by atoms with Gasteiger partial charge in [-0.05, 0) is 36.2 Å². The zero-order valence-electron chi connectivity index (χ0n) is 14.8. The standard InChI is InChI=1S/C19H19FN2O4S2/c20-15-6-8-17(9-7-15)28(25,26)22-13-27-12-18(22)19(24)21-16(11-23)10-14-4-2-1-3-5-14/h1-9,11,16,18H,10,12-13H2,(H,21,24)/t16?,18-/m1/s1. The van der Waals surface area contributed by atoms with Gasteiger partial charge in [0, 0.05) is 5.75 Å². The first-order chi connectivity index (χ1) is 13.4. The molecule has 1 saturated heterocycles. The monoisotopic (exact) mass is 422 g/mol. The third-order valence-electron chi connectivity index (χ3n) is 4.36. The molecule has 2 atom stereocenters. The Labute approximate surface area is 167 Å². The quantitative estimate of drug-likeness (QED) is 0.688. The van der Waals surface area contributed by atoms with Gasteiger partial charge in [0.05, 0.1) is 16.8 Å². The summed E-state index contributed by atoms with van der Waals surface area (Å²) in [7, 11) is -3.95. The Morgan fingerprint density at radius 1 is 1.21 bits per heavy atom. The van der Waals surface area contributed by atoms with Gasteiger partial charge in [0.15, 0.2) is 0 Å². The van der Waals surface area contributed by atoms with Crippen molar-refractivity contribution in [1.82, 2.24) is 9.62 Å². The number of aldehydes is 1. The number of benzene rings is 2. The van der Waals surface area contributed by atoms with Crippen LogP contribution in [0.25, 0.3) is 0 Å². The minimum absolute atomic E-state index is 0.0783. The first kappa shape index (κ1) is 20.5. The van der Waals surface area contributed by atoms with Gasteiger partial charge in [-0.15, -0.1) is 11.8 Å². The van der Waals surface area contributed by atoms with Crippen molar-refractivity contribution in [2.45, 2.75) is 23.4 Å². The van der Waals surface area contributed by atoms with Crippen molar-refractivity contribution in [2.75, 3.05) is 11.6 Å². The van der Waals surface area contributed by atoms with Crippen LogP contribution in [0.15, 0.2) is 59.5 Å². The van der Waals surface area contributed by atoms with Crippen LogP contribution in [0.5, 0.6) is 0 Å². The van der Waals surface area contributed by atoms with E-state index < -0.39 is 33.8 Å². The summed E-state index contributed by atoms with van der Waals surface area (Å²) in [6.07, 6.45) is 0.965. The van der Waals surface area contributed by atoms with Gasteiger partial charge in [0.2, 0.25) is 15.9 Å². The van der Waals surface area contributed by atoms with Crippen molar-refractivity contribution >= 4 is 34.0 Å². The minimum Gasteiger partial charge on any atom is -0.345 e. The zero-order valence-corrected chi connectivity index (χ0v) is 16.5. The molecule has 2 aromatic carbocycles. The summed E-state index contributed by atoms with van der Waals surface area (Å²) in [6.45, 7) is 0. The fourth-order valence-corrected chi connectivity index (χ4v) is 6.04. The summed E-state index contributed by atoms with van der Waals surface area (Å²) >= 11 is 1.31. The fourth-order valence-electron chi connectivity index (χ4n) is 2.89. The minimum atomic E-state index is -3.95. The summed E-state index contributed by atoms with van der Waals surface area (Å²) in [5.74, 6) is -0.673. The van der Waals surface area contributed by atoms with Gasteiger partial charge in [-0.25, -0.2) is 12.8 Å². The summed E-state index contributed by atoms with van der Waals surface area (Å²) in [4.78, 5) is 24.0. The molecule has 0 saturated carbocycles. The second kappa shape index (κ2) is 8.85. The van der Waals surface area contributed by atoms with Crippen molar-refractivity contribution in [3.05, 3.63) is 66.0 Å². The number of carbonyl (C=O) groups excluding carboxylic acids is 2. The molecule has 1 aliphatic rings. The van der Waals surface area contributed by atoms with Gasteiger partial charge < -0.3 is 10.1 Å². The number of hydrogen-bond donors (Lipinski definition) is 1. The molecule has 1 amide bonds. The summed E-state index contributed by atoms with van der Waals surface area (Å²) in [5, 5.41) is 2.63. The Morgan fingerprint density at radius 2 is 1.89 bits per heavy atom. The number of rotatable bonds is 7. The molecule has 0 aliphatic carbocycles. The van der Waals surface area contributed by atoms with Crippen molar-refractivity contribution in [3.8, 4) is 0 Å². The molecule has 0 aromatic heterocycles. The number of thioether (sulfide) groups is 1. The highest BCUT2D eigenvalue weighted by Gasteiger charge is 2.40. The molecule has 1 aliphatic heterocycles. The van der Waals surface area contributed by atoms with Crippen LogP contribution in [0, 0.1) is 5.82 Å². The lowest BCUT2D eigenvalue weighted by Crippen LogP contribution is -2.50. The van der Waals surface area contributed by atoms with E-state index >= 15 is 0 Å². The lowest BCUT2D eigenvalue weighted by Gasteiger charge is -2.24. The Morgan fingerprint density at radius 3 is 2.54 bits per heavy atom. The predicted octanol–water partition coefficient (Wildman–Crippen LogP) is 1.82. The van der Waals surface area contributed by atoms with E-state index in [9.17, 15) is 22.4 Å². The van der Waals surface area contributed by atoms with Crippen molar-refractivity contribution in [2.24, 2.45) is 0 Å². The highest BCUT2D eigenvalue weighted by Crippen LogP contribution is 2.28. The molecule has 148 valence electrons. The first-order valence-electron chi connectivity index (χ1n) is 8.56. The highest BCUT2D eigenvalue weighted by atomic mass is 32.2. The van der Waals surface area contributed by atoms with Crippen LogP contribution in [0.2, 0.25) is 0 Å². The van der Waals surface area contributed by atoms with Crippen LogP contribution in [-0.4, -0.2) is 48.6 Å². The maximum absolute atomic E-state index is 13.1. The summed E-state index contributed by atoms with van der Waals surface area (Å²) < 4.78 is 39.9. The van der Waals surface area contributed by atoms with E-state index in [1.807, 2.05) is 30.3 Å². The van der Waals surface area contributed by atoms with E-state index in [4.69, 9.17) is 0 Å². The van der Waals surface area contributed by atoms with Gasteiger partial charge in [-0.2, -0.15) is 4.31 Å². The number of halogens is 1. The zero-order chi connectivity index (χ0) is 20.1. The topological polar surface area (TPSA) is 83.6 Å². The molecule has 0 radical (unpaired) electrons. The number of sulfonamides is 1. The first-order valence-corrected chi connectivity index (χ1v) is 11.2. The van der Waals surface area contributed by atoms with Crippen molar-refractivity contribution in [3.63, 3.8) is 0 Å². The second-order valence-corrected chi connectivity index (χ2v) is 9.19. The number of hydrogen-bond acceptors (Lipinski definition) is 5. The largest absolute Gasteiger partial charge is 0.345 e. The molecule has 6 nitrogen and oxygen atoms in total. The van der Waals surface area contributed by atoms with Gasteiger partial charge in [-0.3, -0.25) is 4.79 Å². The predicted molar refractivity (Wildman–Crippen MR) is 105 cm³/mol. The maximum Gasteiger partial charge on any atom is 0.244 e. The average Bonchev–Trinajstić information content (AvgIpc) is 3.19. The summed E-state index contributed by atoms with van der Waals surface area (Å²) in [6, 6.07) is 12.0. The molecule has 28 heavy (non-hydrogen) atoms. The van der Waals surface area contributed by atoms with E-state index in [1.54, 1.807) is 0 Å². The van der Waals surface area contributed by atoms with Gasteiger partial charge in [0.1, 0.15) is 18.1 Å². The normalized spacial score (nSPS) is 18.5. The third-order valence-corrected chi connectivity index (χ3v) is 7.40. The number of amides is 1. The Balaban J connectivity index is 1.73. The van der Waals surface area contributed by atoms with Gasteiger partial charge in [-0.1, -0.05) is 30.3 Å². The van der Waals surface area contributed by atoms with Crippen LogP contribution in [0.4, 0.5) is 4.39 Å². The Kier molecular flexibility index (Phi) is 6.48. The second-order valence-electron chi connectivity index (χ2n) is 6.30. The van der Waals surface area contributed by atoms with Crippen LogP contribution in [-0.2, 0) is 26.0 Å². The lowest BCUT2D eigenvalue weighted by atomic mass is 10.1. The average molecular weight is 423 g/mol. The highest BCUT2D eigenvalue weighted by molar-refractivity contribution is 8.00. The molecule has 3 rings (SSSR count). The van der Waals surface area contributed by atoms with E-state index in [0.29, 0.717) is 12.7 Å². The molecule has 1 heterocycles. The fraction of sp³-hybridized carbons (Fsp3) is 0.263. The van der Waals surface area contributed by atoms with E-state index in [2.05, 4.69) is 5.32 Å².